The number of rotatable bonds is 12. The van der Waals surface area contributed by atoms with Crippen LogP contribution in [0.1, 0.15) is 5.56 Å². The predicted octanol–water partition coefficient (Wildman–Crippen LogP) is 2.12. The molecular formula is C15H24ClNO4. The molecule has 0 atom stereocenters. The van der Waals surface area contributed by atoms with Crippen LogP contribution >= 0.6 is 11.6 Å². The Kier molecular flexibility index (Phi) is 10.2. The van der Waals surface area contributed by atoms with E-state index in [2.05, 4.69) is 5.32 Å². The monoisotopic (exact) mass is 317 g/mol. The van der Waals surface area contributed by atoms with Crippen LogP contribution in [0.3, 0.4) is 0 Å². The molecule has 1 aromatic carbocycles. The van der Waals surface area contributed by atoms with Crippen molar-refractivity contribution < 1.29 is 18.9 Å². The second-order valence-corrected chi connectivity index (χ2v) is 4.73. The van der Waals surface area contributed by atoms with Gasteiger partial charge in [-0.25, -0.2) is 0 Å². The molecule has 0 bridgehead atoms. The second-order valence-electron chi connectivity index (χ2n) is 4.32. The van der Waals surface area contributed by atoms with E-state index < -0.39 is 0 Å². The van der Waals surface area contributed by atoms with E-state index in [-0.39, 0.29) is 0 Å². The van der Waals surface area contributed by atoms with Crippen LogP contribution in [0.2, 0.25) is 5.02 Å². The Hall–Kier alpha value is -0.850. The van der Waals surface area contributed by atoms with E-state index in [0.29, 0.717) is 57.0 Å². The predicted molar refractivity (Wildman–Crippen MR) is 83.2 cm³/mol. The summed E-state index contributed by atoms with van der Waals surface area (Å²) in [6.45, 7) is 3.95. The number of nitrogens with one attached hydrogen (secondary N) is 1. The molecule has 0 aliphatic carbocycles. The normalized spacial score (nSPS) is 10.8. The molecule has 0 unspecified atom stereocenters. The van der Waals surface area contributed by atoms with Crippen LogP contribution in [-0.2, 0) is 20.8 Å². The van der Waals surface area contributed by atoms with E-state index >= 15 is 0 Å². The van der Waals surface area contributed by atoms with Gasteiger partial charge in [0.15, 0.2) is 0 Å². The molecule has 1 rings (SSSR count). The lowest BCUT2D eigenvalue weighted by Gasteiger charge is -2.13. The van der Waals surface area contributed by atoms with Gasteiger partial charge in [-0.3, -0.25) is 0 Å². The van der Waals surface area contributed by atoms with Gasteiger partial charge < -0.3 is 24.3 Å². The minimum absolute atomic E-state index is 0.457. The van der Waals surface area contributed by atoms with Crippen LogP contribution < -0.4 is 10.1 Å². The Labute approximate surface area is 131 Å². The van der Waals surface area contributed by atoms with E-state index in [9.17, 15) is 0 Å². The first-order valence-electron chi connectivity index (χ1n) is 6.98. The number of hydrogen-bond acceptors (Lipinski definition) is 5. The summed E-state index contributed by atoms with van der Waals surface area (Å²) in [5, 5.41) is 3.71. The Morgan fingerprint density at radius 1 is 1.00 bits per heavy atom. The largest absolute Gasteiger partial charge is 0.489 e. The third kappa shape index (κ3) is 7.64. The zero-order valence-corrected chi connectivity index (χ0v) is 13.4. The minimum Gasteiger partial charge on any atom is -0.489 e. The van der Waals surface area contributed by atoms with E-state index in [0.717, 1.165) is 5.56 Å². The highest BCUT2D eigenvalue weighted by Gasteiger charge is 2.07. The Balaban J connectivity index is 2.18. The van der Waals surface area contributed by atoms with Crippen molar-refractivity contribution in [3.05, 3.63) is 28.8 Å². The van der Waals surface area contributed by atoms with Crippen molar-refractivity contribution in [2.24, 2.45) is 0 Å². The number of benzene rings is 1. The third-order valence-corrected chi connectivity index (χ3v) is 2.99. The van der Waals surface area contributed by atoms with Gasteiger partial charge in [-0.1, -0.05) is 23.7 Å². The van der Waals surface area contributed by atoms with Crippen LogP contribution in [0, 0.1) is 0 Å². The molecule has 0 heterocycles. The van der Waals surface area contributed by atoms with Gasteiger partial charge in [0.25, 0.3) is 0 Å². The van der Waals surface area contributed by atoms with Gasteiger partial charge in [-0.2, -0.15) is 0 Å². The van der Waals surface area contributed by atoms with Gasteiger partial charge in [0.1, 0.15) is 12.4 Å². The Morgan fingerprint density at radius 2 is 1.67 bits per heavy atom. The molecule has 0 spiro atoms. The summed E-state index contributed by atoms with van der Waals surface area (Å²) >= 11 is 6.15. The quantitative estimate of drug-likeness (QED) is 0.598. The number of halogens is 1. The summed E-state index contributed by atoms with van der Waals surface area (Å²) in [5.74, 6) is 0.716. The van der Waals surface area contributed by atoms with E-state index in [1.54, 1.807) is 7.11 Å². The van der Waals surface area contributed by atoms with Crippen LogP contribution in [0.15, 0.2) is 18.2 Å². The summed E-state index contributed by atoms with van der Waals surface area (Å²) < 4.78 is 21.3. The summed E-state index contributed by atoms with van der Waals surface area (Å²) in [6, 6.07) is 5.72. The zero-order valence-electron chi connectivity index (χ0n) is 12.7. The highest BCUT2D eigenvalue weighted by Crippen LogP contribution is 2.28. The molecule has 0 radical (unpaired) electrons. The smallest absolute Gasteiger partial charge is 0.142 e. The fraction of sp³-hybridized carbons (Fsp3) is 0.600. The zero-order chi connectivity index (χ0) is 15.3. The van der Waals surface area contributed by atoms with Crippen LogP contribution in [0.5, 0.6) is 5.75 Å². The summed E-state index contributed by atoms with van der Waals surface area (Å²) in [7, 11) is 3.53. The lowest BCUT2D eigenvalue weighted by atomic mass is 10.2. The van der Waals surface area contributed by atoms with Gasteiger partial charge in [-0.05, 0) is 13.1 Å². The molecule has 0 saturated heterocycles. The maximum absolute atomic E-state index is 6.15. The fourth-order valence-electron chi connectivity index (χ4n) is 1.71. The lowest BCUT2D eigenvalue weighted by molar-refractivity contribution is 0.0179. The van der Waals surface area contributed by atoms with Gasteiger partial charge in [0.05, 0.1) is 38.1 Å². The first-order chi connectivity index (χ1) is 10.3. The molecule has 0 aromatic heterocycles. The Bertz CT molecular complexity index is 390. The lowest BCUT2D eigenvalue weighted by Crippen LogP contribution is -2.13. The van der Waals surface area contributed by atoms with E-state index in [1.165, 1.54) is 0 Å². The molecule has 0 amide bonds. The highest BCUT2D eigenvalue weighted by atomic mass is 35.5. The van der Waals surface area contributed by atoms with Crippen molar-refractivity contribution in [2.75, 3.05) is 53.8 Å². The maximum Gasteiger partial charge on any atom is 0.142 e. The summed E-state index contributed by atoms with van der Waals surface area (Å²) in [5.41, 5.74) is 1.04. The van der Waals surface area contributed by atoms with Gasteiger partial charge >= 0.3 is 0 Å². The van der Waals surface area contributed by atoms with E-state index in [4.69, 9.17) is 30.5 Å². The molecule has 21 heavy (non-hydrogen) atoms. The summed E-state index contributed by atoms with van der Waals surface area (Å²) in [4.78, 5) is 0. The van der Waals surface area contributed by atoms with Crippen LogP contribution in [0.4, 0.5) is 0 Å². The average Bonchev–Trinajstić information content (AvgIpc) is 2.48. The molecule has 0 aliphatic rings. The first kappa shape index (κ1) is 18.2. The first-order valence-corrected chi connectivity index (χ1v) is 7.36. The fourth-order valence-corrected chi connectivity index (χ4v) is 1.96. The number of para-hydroxylation sites is 1. The maximum atomic E-state index is 6.15. The molecule has 0 aliphatic heterocycles. The third-order valence-electron chi connectivity index (χ3n) is 2.69. The number of methoxy groups -OCH3 is 1. The Morgan fingerprint density at radius 3 is 2.33 bits per heavy atom. The molecular weight excluding hydrogens is 294 g/mol. The average molecular weight is 318 g/mol. The second kappa shape index (κ2) is 11.8. The molecule has 120 valence electrons. The molecule has 1 aromatic rings. The minimum atomic E-state index is 0.457. The topological polar surface area (TPSA) is 49.0 Å². The summed E-state index contributed by atoms with van der Waals surface area (Å²) in [6.07, 6.45) is 0. The standard InChI is InChI=1S/C15H24ClNO4/c1-17-12-13-4-3-5-14(16)15(13)21-11-10-20-9-8-19-7-6-18-2/h3-5,17H,6-12H2,1-2H3. The van der Waals surface area contributed by atoms with Crippen molar-refractivity contribution in [1.29, 1.82) is 0 Å². The van der Waals surface area contributed by atoms with Crippen molar-refractivity contribution in [1.82, 2.24) is 5.32 Å². The van der Waals surface area contributed by atoms with E-state index in [1.807, 2.05) is 25.2 Å². The molecule has 0 fully saturated rings. The van der Waals surface area contributed by atoms with Crippen molar-refractivity contribution in [3.63, 3.8) is 0 Å². The van der Waals surface area contributed by atoms with Crippen LogP contribution in [0.25, 0.3) is 0 Å². The molecule has 5 nitrogen and oxygen atoms in total. The van der Waals surface area contributed by atoms with Crippen LogP contribution in [-0.4, -0.2) is 53.8 Å². The van der Waals surface area contributed by atoms with Crippen molar-refractivity contribution in [2.45, 2.75) is 6.54 Å². The number of ether oxygens (including phenoxy) is 4. The van der Waals surface area contributed by atoms with Gasteiger partial charge in [0.2, 0.25) is 0 Å². The number of hydrogen-bond donors (Lipinski definition) is 1. The van der Waals surface area contributed by atoms with Gasteiger partial charge in [0, 0.05) is 19.2 Å². The highest BCUT2D eigenvalue weighted by molar-refractivity contribution is 6.32. The SMILES string of the molecule is CNCc1cccc(Cl)c1OCCOCCOCCOC. The molecule has 0 saturated carbocycles. The van der Waals surface area contributed by atoms with Crippen molar-refractivity contribution >= 4 is 11.6 Å². The van der Waals surface area contributed by atoms with Gasteiger partial charge in [-0.15, -0.1) is 0 Å². The van der Waals surface area contributed by atoms with Crippen molar-refractivity contribution in [3.8, 4) is 5.75 Å². The molecule has 6 heteroatoms. The molecule has 1 N–H and O–H groups in total.